The average molecular weight is 633 g/mol. The van der Waals surface area contributed by atoms with Gasteiger partial charge in [0.25, 0.3) is 0 Å². The summed E-state index contributed by atoms with van der Waals surface area (Å²) in [7, 11) is 2.18. The molecule has 0 amide bonds. The lowest BCUT2D eigenvalue weighted by Gasteiger charge is -2.20. The topological polar surface area (TPSA) is 44.8 Å². The van der Waals surface area contributed by atoms with Gasteiger partial charge in [0.15, 0.2) is 0 Å². The van der Waals surface area contributed by atoms with Gasteiger partial charge < -0.3 is 13.6 Å². The number of hydrogen-bond acceptors (Lipinski definition) is 10. The Bertz CT molecular complexity index is 1580. The molecule has 0 fully saturated rings. The maximum absolute atomic E-state index is 14.0. The van der Waals surface area contributed by atoms with E-state index in [9.17, 15) is 4.57 Å². The predicted octanol–water partition coefficient (Wildman–Crippen LogP) is 11.5. The first kappa shape index (κ1) is 27.4. The van der Waals surface area contributed by atoms with Crippen LogP contribution in [0.1, 0.15) is 25.3 Å². The zero-order valence-electron chi connectivity index (χ0n) is 20.2. The molecule has 2 heterocycles. The molecule has 0 unspecified atom stereocenters. The van der Waals surface area contributed by atoms with Gasteiger partial charge in [-0.2, -0.15) is 4.57 Å². The molecule has 0 aliphatic heterocycles. The minimum Gasteiger partial charge on any atom is -0.386 e. The van der Waals surface area contributed by atoms with E-state index >= 15 is 0 Å². The molecule has 0 bridgehead atoms. The summed E-state index contributed by atoms with van der Waals surface area (Å²) in [5, 5.41) is 4.05. The van der Waals surface area contributed by atoms with Gasteiger partial charge in [0, 0.05) is 21.9 Å². The first-order chi connectivity index (χ1) is 18.3. The Kier molecular flexibility index (Phi) is 8.59. The molecule has 5 aromatic rings. The van der Waals surface area contributed by atoms with Crippen molar-refractivity contribution in [1.29, 1.82) is 0 Å². The fraction of sp³-hybridized carbons (Fsp3) is 0.111. The van der Waals surface area contributed by atoms with Crippen molar-refractivity contribution in [1.82, 2.24) is 0 Å². The van der Waals surface area contributed by atoms with E-state index in [4.69, 9.17) is 38.0 Å². The Morgan fingerprint density at radius 3 is 1.32 bits per heavy atom. The second-order valence-electron chi connectivity index (χ2n) is 8.49. The highest BCUT2D eigenvalue weighted by molar-refractivity contribution is 7.80. The van der Waals surface area contributed by atoms with Crippen LogP contribution in [-0.2, 0) is 4.57 Å². The van der Waals surface area contributed by atoms with Crippen molar-refractivity contribution in [2.45, 2.75) is 19.8 Å². The van der Waals surface area contributed by atoms with Gasteiger partial charge >= 0.3 is 7.82 Å². The van der Waals surface area contributed by atoms with Crippen LogP contribution in [0.2, 0.25) is 0 Å². The Hall–Kier alpha value is -2.17. The summed E-state index contributed by atoms with van der Waals surface area (Å²) in [6, 6.07) is 21.9. The van der Waals surface area contributed by atoms with Crippen LogP contribution in [0.3, 0.4) is 0 Å². The number of benzene rings is 3. The van der Waals surface area contributed by atoms with Gasteiger partial charge in [0.1, 0.15) is 24.9 Å². The molecule has 0 N–H and O–H groups in total. The highest BCUT2D eigenvalue weighted by Crippen LogP contribution is 2.50. The normalized spacial score (nSPS) is 11.4. The van der Waals surface area contributed by atoms with Crippen molar-refractivity contribution in [3.8, 4) is 39.5 Å². The smallest absolute Gasteiger partial charge is 0.386 e. The molecule has 2 aromatic heterocycles. The van der Waals surface area contributed by atoms with Crippen molar-refractivity contribution >= 4 is 73.6 Å². The number of phosphoric acid groups is 1. The van der Waals surface area contributed by atoms with Gasteiger partial charge in [0.05, 0.1) is 0 Å². The quantitative estimate of drug-likeness (QED) is 0.0915. The monoisotopic (exact) mass is 632 g/mol. The van der Waals surface area contributed by atoms with E-state index in [-0.39, 0.29) is 0 Å². The van der Waals surface area contributed by atoms with Crippen molar-refractivity contribution in [3.63, 3.8) is 0 Å². The summed E-state index contributed by atoms with van der Waals surface area (Å²) < 4.78 is 33.3. The Morgan fingerprint density at radius 1 is 0.632 bits per heavy atom. The highest BCUT2D eigenvalue weighted by Gasteiger charge is 2.33. The molecule has 4 nitrogen and oxygen atoms in total. The molecule has 0 saturated carbocycles. The standard InChI is InChI=1S/C27H21O4PS6/c1-17(2)18-3-9-21(10-4-18)29-32(28,30-22-11-5-19(6-12-22)24-15-35-37-26(24)33)31-23-13-7-20(8-14-23)25-16-36-38-27(25)34/h3-17H,1-2H3. The van der Waals surface area contributed by atoms with E-state index < -0.39 is 7.82 Å². The van der Waals surface area contributed by atoms with Crippen LogP contribution >= 0.6 is 73.6 Å². The van der Waals surface area contributed by atoms with E-state index in [1.165, 1.54) is 0 Å². The van der Waals surface area contributed by atoms with Gasteiger partial charge in [-0.3, -0.25) is 0 Å². The summed E-state index contributed by atoms with van der Waals surface area (Å²) in [4.78, 5) is 0. The van der Waals surface area contributed by atoms with Crippen molar-refractivity contribution < 1.29 is 18.1 Å². The zero-order valence-corrected chi connectivity index (χ0v) is 26.0. The molecule has 0 saturated heterocycles. The molecule has 194 valence electrons. The summed E-state index contributed by atoms with van der Waals surface area (Å²) in [5.74, 6) is 1.46. The maximum Gasteiger partial charge on any atom is 0.647 e. The van der Waals surface area contributed by atoms with E-state index in [1.54, 1.807) is 77.8 Å². The van der Waals surface area contributed by atoms with E-state index in [2.05, 4.69) is 13.8 Å². The fourth-order valence-electron chi connectivity index (χ4n) is 3.54. The molecule has 0 spiro atoms. The molecule has 0 atom stereocenters. The SMILES string of the molecule is CC(C)c1ccc(OP(=O)(Oc2ccc(-c3cssc3=S)cc2)Oc2ccc(-c3cssc3=S)cc2)cc1. The molecule has 0 aliphatic carbocycles. The third-order valence-electron chi connectivity index (χ3n) is 5.55. The average Bonchev–Trinajstić information content (AvgIpc) is 3.53. The van der Waals surface area contributed by atoms with Crippen LogP contribution in [0, 0.1) is 7.65 Å². The molecule has 0 radical (unpaired) electrons. The van der Waals surface area contributed by atoms with Crippen LogP contribution in [0.25, 0.3) is 22.3 Å². The lowest BCUT2D eigenvalue weighted by atomic mass is 10.0. The molecular weight excluding hydrogens is 612 g/mol. The number of rotatable bonds is 9. The number of phosphoric ester groups is 1. The number of hydrogen-bond donors (Lipinski definition) is 0. The third-order valence-corrected chi connectivity index (χ3v) is 12.2. The predicted molar refractivity (Wildman–Crippen MR) is 167 cm³/mol. The summed E-state index contributed by atoms with van der Waals surface area (Å²) in [6.45, 7) is 4.22. The highest BCUT2D eigenvalue weighted by atomic mass is 32.9. The van der Waals surface area contributed by atoms with Crippen LogP contribution in [0.15, 0.2) is 83.6 Å². The maximum atomic E-state index is 14.0. The lowest BCUT2D eigenvalue weighted by Crippen LogP contribution is -2.07. The molecular formula is C27H21O4PS6. The first-order valence-electron chi connectivity index (χ1n) is 11.4. The van der Waals surface area contributed by atoms with Gasteiger partial charge in [0.2, 0.25) is 0 Å². The van der Waals surface area contributed by atoms with Gasteiger partial charge in [-0.05, 0) is 59.0 Å². The van der Waals surface area contributed by atoms with Crippen LogP contribution in [0.5, 0.6) is 17.2 Å². The third kappa shape index (κ3) is 6.51. The minimum absolute atomic E-state index is 0.354. The Labute approximate surface area is 246 Å². The molecule has 38 heavy (non-hydrogen) atoms. The summed E-state index contributed by atoms with van der Waals surface area (Å²) >= 11 is 10.8. The Balaban J connectivity index is 1.41. The van der Waals surface area contributed by atoms with Gasteiger partial charge in [-0.1, -0.05) is 116 Å². The minimum atomic E-state index is -4.13. The Morgan fingerprint density at radius 2 is 1.00 bits per heavy atom. The zero-order chi connectivity index (χ0) is 26.7. The fourth-order valence-corrected chi connectivity index (χ4v) is 9.58. The van der Waals surface area contributed by atoms with Crippen LogP contribution in [0.4, 0.5) is 0 Å². The molecule has 5 rings (SSSR count). The van der Waals surface area contributed by atoms with Gasteiger partial charge in [-0.25, -0.2) is 0 Å². The van der Waals surface area contributed by atoms with E-state index in [0.29, 0.717) is 23.2 Å². The molecule has 11 heteroatoms. The lowest BCUT2D eigenvalue weighted by molar-refractivity contribution is 0.298. The molecule has 3 aromatic carbocycles. The summed E-state index contributed by atoms with van der Waals surface area (Å²) in [6.07, 6.45) is 0. The van der Waals surface area contributed by atoms with Crippen molar-refractivity contribution in [2.75, 3.05) is 0 Å². The van der Waals surface area contributed by atoms with Gasteiger partial charge in [-0.15, -0.1) is 0 Å². The second-order valence-corrected chi connectivity index (χ2v) is 15.4. The van der Waals surface area contributed by atoms with Crippen molar-refractivity contribution in [3.05, 3.63) is 96.8 Å². The van der Waals surface area contributed by atoms with E-state index in [0.717, 1.165) is 35.5 Å². The van der Waals surface area contributed by atoms with E-state index in [1.807, 2.05) is 47.2 Å². The second kappa shape index (κ2) is 11.9. The first-order valence-corrected chi connectivity index (χ1v) is 18.2. The van der Waals surface area contributed by atoms with Crippen LogP contribution < -0.4 is 13.6 Å². The largest absolute Gasteiger partial charge is 0.647 e. The molecule has 0 aliphatic rings. The summed E-state index contributed by atoms with van der Waals surface area (Å²) in [5.41, 5.74) is 5.07. The van der Waals surface area contributed by atoms with Crippen LogP contribution in [-0.4, -0.2) is 0 Å². The van der Waals surface area contributed by atoms with Crippen molar-refractivity contribution in [2.24, 2.45) is 0 Å².